The second-order valence-electron chi connectivity index (χ2n) is 5.71. The number of hydrogen-bond acceptors (Lipinski definition) is 6. The number of aromatic nitrogens is 2. The lowest BCUT2D eigenvalue weighted by Gasteiger charge is -2.31. The largest absolute Gasteiger partial charge is 0.478 e. The topological polar surface area (TPSA) is 110 Å². The van der Waals surface area contributed by atoms with Gasteiger partial charge in [-0.1, -0.05) is 0 Å². The second-order valence-corrected chi connectivity index (χ2v) is 7.65. The zero-order chi connectivity index (χ0) is 18.7. The molecule has 0 radical (unpaired) electrons. The highest BCUT2D eigenvalue weighted by Gasteiger charge is 2.31. The van der Waals surface area contributed by atoms with Crippen LogP contribution in [0.25, 0.3) is 0 Å². The van der Waals surface area contributed by atoms with E-state index in [9.17, 15) is 17.6 Å². The van der Waals surface area contributed by atoms with Crippen molar-refractivity contribution in [2.24, 2.45) is 0 Å². The van der Waals surface area contributed by atoms with E-state index >= 15 is 0 Å². The van der Waals surface area contributed by atoms with Crippen molar-refractivity contribution in [1.82, 2.24) is 14.3 Å². The van der Waals surface area contributed by atoms with Gasteiger partial charge < -0.3 is 9.84 Å². The lowest BCUT2D eigenvalue weighted by Crippen LogP contribution is -2.41. The molecule has 26 heavy (non-hydrogen) atoms. The van der Waals surface area contributed by atoms with Gasteiger partial charge in [0, 0.05) is 25.5 Å². The number of hydrogen-bond donors (Lipinski definition) is 1. The van der Waals surface area contributed by atoms with Crippen molar-refractivity contribution in [2.45, 2.75) is 23.8 Å². The Morgan fingerprint density at radius 2 is 2.00 bits per heavy atom. The summed E-state index contributed by atoms with van der Waals surface area (Å²) in [7, 11) is -3.91. The molecule has 1 N–H and O–H groups in total. The van der Waals surface area contributed by atoms with Crippen LogP contribution in [0.15, 0.2) is 41.7 Å². The molecule has 0 atom stereocenters. The average molecular weight is 381 g/mol. The van der Waals surface area contributed by atoms with Crippen LogP contribution in [0.2, 0.25) is 0 Å². The Kier molecular flexibility index (Phi) is 5.14. The fourth-order valence-electron chi connectivity index (χ4n) is 2.69. The lowest BCUT2D eigenvalue weighted by atomic mass is 10.1. The third-order valence-electron chi connectivity index (χ3n) is 4.04. The molecule has 138 valence electrons. The van der Waals surface area contributed by atoms with Crippen molar-refractivity contribution in [1.29, 1.82) is 0 Å². The molecule has 8 nitrogen and oxygen atoms in total. The SMILES string of the molecule is O=C(O)c1ccc(S(=O)(=O)N2CCC(Oc3cnccn3)CC2)cc1F. The Labute approximate surface area is 149 Å². The Balaban J connectivity index is 1.68. The van der Waals surface area contributed by atoms with Gasteiger partial charge in [-0.15, -0.1) is 0 Å². The van der Waals surface area contributed by atoms with Gasteiger partial charge >= 0.3 is 5.97 Å². The summed E-state index contributed by atoms with van der Waals surface area (Å²) in [5, 5.41) is 8.84. The molecule has 1 aliphatic heterocycles. The summed E-state index contributed by atoms with van der Waals surface area (Å²) in [5.41, 5.74) is -0.569. The molecular formula is C16H16FN3O5S. The minimum atomic E-state index is -3.91. The van der Waals surface area contributed by atoms with Crippen LogP contribution in [0.3, 0.4) is 0 Å². The predicted molar refractivity (Wildman–Crippen MR) is 87.8 cm³/mol. The number of halogens is 1. The van der Waals surface area contributed by atoms with Crippen molar-refractivity contribution in [2.75, 3.05) is 13.1 Å². The number of sulfonamides is 1. The van der Waals surface area contributed by atoms with Crippen LogP contribution in [0.1, 0.15) is 23.2 Å². The van der Waals surface area contributed by atoms with Crippen molar-refractivity contribution in [3.63, 3.8) is 0 Å². The maximum Gasteiger partial charge on any atom is 0.338 e. The summed E-state index contributed by atoms with van der Waals surface area (Å²) in [6.45, 7) is 0.408. The van der Waals surface area contributed by atoms with Crippen LogP contribution in [0.5, 0.6) is 5.88 Å². The number of carboxylic acids is 1. The maximum absolute atomic E-state index is 13.8. The monoisotopic (exact) mass is 381 g/mol. The Hall–Kier alpha value is -2.59. The molecule has 2 aromatic rings. The van der Waals surface area contributed by atoms with Gasteiger partial charge in [0.15, 0.2) is 0 Å². The van der Waals surface area contributed by atoms with Crippen LogP contribution < -0.4 is 4.74 Å². The first kappa shape index (κ1) is 18.2. The first-order chi connectivity index (χ1) is 12.4. The smallest absolute Gasteiger partial charge is 0.338 e. The molecular weight excluding hydrogens is 365 g/mol. The van der Waals surface area contributed by atoms with Crippen LogP contribution in [-0.4, -0.2) is 53.0 Å². The standard InChI is InChI=1S/C16H16FN3O5S/c17-14-9-12(1-2-13(14)16(21)22)26(23,24)20-7-3-11(4-8-20)25-15-10-18-5-6-19-15/h1-2,5-6,9-11H,3-4,7-8H2,(H,21,22). The zero-order valence-corrected chi connectivity index (χ0v) is 14.4. The minimum absolute atomic E-state index is 0.190. The maximum atomic E-state index is 13.8. The van der Waals surface area contributed by atoms with E-state index in [0.717, 1.165) is 18.2 Å². The van der Waals surface area contributed by atoms with E-state index in [-0.39, 0.29) is 24.1 Å². The number of carbonyl (C=O) groups is 1. The van der Waals surface area contributed by atoms with Gasteiger partial charge in [-0.3, -0.25) is 4.98 Å². The van der Waals surface area contributed by atoms with E-state index in [1.54, 1.807) is 0 Å². The van der Waals surface area contributed by atoms with Crippen LogP contribution in [0.4, 0.5) is 4.39 Å². The predicted octanol–water partition coefficient (Wildman–Crippen LogP) is 1.55. The number of rotatable bonds is 5. The first-order valence-corrected chi connectivity index (χ1v) is 9.27. The van der Waals surface area contributed by atoms with Crippen molar-refractivity contribution < 1.29 is 27.4 Å². The summed E-state index contributed by atoms with van der Waals surface area (Å²) < 4.78 is 46.0. The second kappa shape index (κ2) is 7.34. The van der Waals surface area contributed by atoms with Gasteiger partial charge in [0.2, 0.25) is 15.9 Å². The minimum Gasteiger partial charge on any atom is -0.478 e. The van der Waals surface area contributed by atoms with Crippen molar-refractivity contribution >= 4 is 16.0 Å². The molecule has 1 aromatic heterocycles. The van der Waals surface area contributed by atoms with Gasteiger partial charge in [-0.2, -0.15) is 4.31 Å². The summed E-state index contributed by atoms with van der Waals surface area (Å²) in [6.07, 6.45) is 5.22. The van der Waals surface area contributed by atoms with E-state index in [0.29, 0.717) is 18.7 Å². The number of aromatic carboxylic acids is 1. The van der Waals surface area contributed by atoms with E-state index < -0.39 is 27.4 Å². The average Bonchev–Trinajstić information content (AvgIpc) is 2.62. The van der Waals surface area contributed by atoms with Crippen molar-refractivity contribution in [3.8, 4) is 5.88 Å². The lowest BCUT2D eigenvalue weighted by molar-refractivity contribution is 0.0691. The fraction of sp³-hybridized carbons (Fsp3) is 0.312. The van der Waals surface area contributed by atoms with Gasteiger partial charge in [0.05, 0.1) is 16.7 Å². The molecule has 0 aliphatic carbocycles. The molecule has 3 rings (SSSR count). The number of piperidine rings is 1. The third kappa shape index (κ3) is 3.81. The third-order valence-corrected chi connectivity index (χ3v) is 5.93. The number of carboxylic acid groups (broad SMARTS) is 1. The van der Waals surface area contributed by atoms with E-state index in [1.807, 2.05) is 0 Å². The summed E-state index contributed by atoms with van der Waals surface area (Å²) >= 11 is 0. The van der Waals surface area contributed by atoms with Gasteiger partial charge in [0.25, 0.3) is 0 Å². The molecule has 0 saturated carbocycles. The zero-order valence-electron chi connectivity index (χ0n) is 13.6. The fourth-order valence-corrected chi connectivity index (χ4v) is 4.17. The van der Waals surface area contributed by atoms with Gasteiger partial charge in [-0.05, 0) is 31.0 Å². The molecule has 1 aliphatic rings. The van der Waals surface area contributed by atoms with E-state index in [2.05, 4.69) is 9.97 Å². The van der Waals surface area contributed by atoms with Crippen LogP contribution in [-0.2, 0) is 10.0 Å². The van der Waals surface area contributed by atoms with Gasteiger partial charge in [-0.25, -0.2) is 22.6 Å². The molecule has 0 unspecified atom stereocenters. The van der Waals surface area contributed by atoms with Crippen LogP contribution in [0, 0.1) is 5.82 Å². The molecule has 0 bridgehead atoms. The molecule has 10 heteroatoms. The summed E-state index contributed by atoms with van der Waals surface area (Å²) in [6, 6.07) is 2.79. The van der Waals surface area contributed by atoms with Crippen molar-refractivity contribution in [3.05, 3.63) is 48.2 Å². The normalized spacial score (nSPS) is 16.3. The Bertz CT molecular complexity index is 899. The molecule has 2 heterocycles. The number of ether oxygens (including phenoxy) is 1. The Morgan fingerprint density at radius 3 is 2.58 bits per heavy atom. The highest BCUT2D eigenvalue weighted by atomic mass is 32.2. The highest BCUT2D eigenvalue weighted by molar-refractivity contribution is 7.89. The first-order valence-electron chi connectivity index (χ1n) is 7.83. The summed E-state index contributed by atoms with van der Waals surface area (Å²) in [4.78, 5) is 18.5. The van der Waals surface area contributed by atoms with Gasteiger partial charge in [0.1, 0.15) is 11.9 Å². The van der Waals surface area contributed by atoms with Crippen LogP contribution >= 0.6 is 0 Å². The number of nitrogens with zero attached hydrogens (tertiary/aromatic N) is 3. The molecule has 1 aromatic carbocycles. The molecule has 1 fully saturated rings. The molecule has 1 saturated heterocycles. The van der Waals surface area contributed by atoms with E-state index in [4.69, 9.17) is 9.84 Å². The summed E-state index contributed by atoms with van der Waals surface area (Å²) in [5.74, 6) is -2.16. The van der Waals surface area contributed by atoms with E-state index in [1.165, 1.54) is 22.9 Å². The Morgan fingerprint density at radius 1 is 1.27 bits per heavy atom. The highest BCUT2D eigenvalue weighted by Crippen LogP contribution is 2.24. The molecule has 0 amide bonds. The quantitative estimate of drug-likeness (QED) is 0.837. The molecule has 0 spiro atoms. The number of benzene rings is 1.